The first-order chi connectivity index (χ1) is 17.1. The number of amides is 2. The van der Waals surface area contributed by atoms with Gasteiger partial charge in [0.05, 0.1) is 12.2 Å². The summed E-state index contributed by atoms with van der Waals surface area (Å²) in [7, 11) is 0. The number of hydrogen-bond donors (Lipinski definition) is 1. The van der Waals surface area contributed by atoms with Crippen LogP contribution in [0.1, 0.15) is 38.4 Å². The number of aryl methyl sites for hydroxylation is 2. The summed E-state index contributed by atoms with van der Waals surface area (Å²) in [5, 5.41) is 6.58. The topological polar surface area (TPSA) is 99.5 Å². The van der Waals surface area contributed by atoms with Gasteiger partial charge >= 0.3 is 12.6 Å². The molecule has 0 aliphatic rings. The minimum Gasteiger partial charge on any atom is -0.452 e. The third-order valence-electron chi connectivity index (χ3n) is 5.22. The summed E-state index contributed by atoms with van der Waals surface area (Å²) < 4.78 is 35.3. The molecule has 0 radical (unpaired) electrons. The standard InChI is InChI=1S/C26H25F2N3O5/c1-16-4-6-19(7-5-16)14-31-18(3)22(17(2)30-31)12-13-24(33)35-15-23(32)29-25(34)20-8-10-21(11-9-20)36-26(27)28/h4-13,26H,14-15H2,1-3H3,(H,29,32,34)/b13-12+. The summed E-state index contributed by atoms with van der Waals surface area (Å²) >= 11 is 0. The molecule has 0 bridgehead atoms. The smallest absolute Gasteiger partial charge is 0.387 e. The third kappa shape index (κ3) is 7.33. The van der Waals surface area contributed by atoms with Gasteiger partial charge in [-0.15, -0.1) is 0 Å². The zero-order chi connectivity index (χ0) is 26.2. The molecule has 0 fully saturated rings. The van der Waals surface area contributed by atoms with Crippen molar-refractivity contribution < 1.29 is 32.6 Å². The molecule has 0 saturated carbocycles. The molecule has 3 aromatic rings. The van der Waals surface area contributed by atoms with Crippen LogP contribution in [-0.2, 0) is 20.9 Å². The molecule has 0 aliphatic heterocycles. The van der Waals surface area contributed by atoms with Gasteiger partial charge in [-0.25, -0.2) is 4.79 Å². The minimum atomic E-state index is -2.99. The molecular formula is C26H25F2N3O5. The van der Waals surface area contributed by atoms with Gasteiger partial charge in [0.1, 0.15) is 5.75 Å². The Labute approximate surface area is 206 Å². The van der Waals surface area contributed by atoms with Crippen LogP contribution in [0.5, 0.6) is 5.75 Å². The van der Waals surface area contributed by atoms with Crippen LogP contribution < -0.4 is 10.1 Å². The SMILES string of the molecule is Cc1ccc(Cn2nc(C)c(/C=C/C(=O)OCC(=O)NC(=O)c3ccc(OC(F)F)cc3)c2C)cc1. The summed E-state index contributed by atoms with van der Waals surface area (Å²) in [4.78, 5) is 36.1. The van der Waals surface area contributed by atoms with Crippen LogP contribution in [0.25, 0.3) is 6.08 Å². The first-order valence-electron chi connectivity index (χ1n) is 11.0. The number of halogens is 2. The van der Waals surface area contributed by atoms with Crippen molar-refractivity contribution in [2.75, 3.05) is 6.61 Å². The van der Waals surface area contributed by atoms with E-state index in [1.54, 1.807) is 6.08 Å². The average Bonchev–Trinajstić information content (AvgIpc) is 3.09. The Morgan fingerprint density at radius 1 is 1.03 bits per heavy atom. The van der Waals surface area contributed by atoms with Gasteiger partial charge in [0.2, 0.25) is 0 Å². The van der Waals surface area contributed by atoms with Crippen LogP contribution in [0.3, 0.4) is 0 Å². The summed E-state index contributed by atoms with van der Waals surface area (Å²) in [6.45, 7) is 2.66. The Bertz CT molecular complexity index is 1270. The lowest BCUT2D eigenvalue weighted by Crippen LogP contribution is -2.34. The number of carbonyl (C=O) groups excluding carboxylic acids is 3. The molecule has 8 nitrogen and oxygen atoms in total. The van der Waals surface area contributed by atoms with Crippen molar-refractivity contribution in [1.29, 1.82) is 0 Å². The van der Waals surface area contributed by atoms with Crippen LogP contribution in [-0.4, -0.2) is 40.8 Å². The number of ether oxygens (including phenoxy) is 2. The molecule has 2 aromatic carbocycles. The molecule has 0 saturated heterocycles. The van der Waals surface area contributed by atoms with Crippen molar-refractivity contribution >= 4 is 23.9 Å². The monoisotopic (exact) mass is 497 g/mol. The first-order valence-corrected chi connectivity index (χ1v) is 11.0. The van der Waals surface area contributed by atoms with Gasteiger partial charge < -0.3 is 9.47 Å². The van der Waals surface area contributed by atoms with Gasteiger partial charge in [0.15, 0.2) is 6.61 Å². The number of alkyl halides is 2. The molecule has 0 spiro atoms. The highest BCUT2D eigenvalue weighted by Crippen LogP contribution is 2.17. The van der Waals surface area contributed by atoms with Gasteiger partial charge in [-0.1, -0.05) is 29.8 Å². The number of hydrogen-bond acceptors (Lipinski definition) is 6. The van der Waals surface area contributed by atoms with Crippen molar-refractivity contribution in [3.63, 3.8) is 0 Å². The van der Waals surface area contributed by atoms with Crippen LogP contribution in [0.15, 0.2) is 54.6 Å². The Kier molecular flexibility index (Phi) is 8.66. The summed E-state index contributed by atoms with van der Waals surface area (Å²) in [5.41, 5.74) is 4.67. The molecule has 1 N–H and O–H groups in total. The maximum atomic E-state index is 12.2. The lowest BCUT2D eigenvalue weighted by molar-refractivity contribution is -0.143. The minimum absolute atomic E-state index is 0.0461. The van der Waals surface area contributed by atoms with Crippen LogP contribution in [0.2, 0.25) is 0 Å². The molecule has 0 aliphatic carbocycles. The number of nitrogens with one attached hydrogen (secondary N) is 1. The van der Waals surface area contributed by atoms with Crippen LogP contribution in [0, 0.1) is 20.8 Å². The highest BCUT2D eigenvalue weighted by Gasteiger charge is 2.14. The molecule has 188 valence electrons. The third-order valence-corrected chi connectivity index (χ3v) is 5.22. The Morgan fingerprint density at radius 2 is 1.69 bits per heavy atom. The van der Waals surface area contributed by atoms with E-state index in [4.69, 9.17) is 4.74 Å². The molecule has 10 heteroatoms. The number of rotatable bonds is 9. The molecule has 1 heterocycles. The Morgan fingerprint density at radius 3 is 2.33 bits per heavy atom. The van der Waals surface area contributed by atoms with E-state index >= 15 is 0 Å². The highest BCUT2D eigenvalue weighted by atomic mass is 19.3. The number of imide groups is 1. The van der Waals surface area contributed by atoms with Gasteiger partial charge in [-0.2, -0.15) is 13.9 Å². The van der Waals surface area contributed by atoms with Gasteiger partial charge in [0, 0.05) is 22.9 Å². The van der Waals surface area contributed by atoms with Crippen molar-refractivity contribution in [2.45, 2.75) is 33.9 Å². The van der Waals surface area contributed by atoms with Gasteiger partial charge in [0.25, 0.3) is 11.8 Å². The van der Waals surface area contributed by atoms with E-state index in [1.807, 2.05) is 49.7 Å². The van der Waals surface area contributed by atoms with E-state index in [1.165, 1.54) is 35.9 Å². The second-order valence-corrected chi connectivity index (χ2v) is 7.95. The molecular weight excluding hydrogens is 472 g/mol. The number of nitrogens with zero attached hydrogens (tertiary/aromatic N) is 2. The number of carbonyl (C=O) groups is 3. The Balaban J connectivity index is 1.51. The molecule has 0 atom stereocenters. The van der Waals surface area contributed by atoms with E-state index in [2.05, 4.69) is 15.2 Å². The van der Waals surface area contributed by atoms with Crippen molar-refractivity contribution in [3.8, 4) is 5.75 Å². The lowest BCUT2D eigenvalue weighted by atomic mass is 10.1. The molecule has 0 unspecified atom stereocenters. The molecule has 3 rings (SSSR count). The fourth-order valence-electron chi connectivity index (χ4n) is 3.33. The number of aromatic nitrogens is 2. The lowest BCUT2D eigenvalue weighted by Gasteiger charge is -2.07. The van der Waals surface area contributed by atoms with E-state index in [0.29, 0.717) is 6.54 Å². The zero-order valence-corrected chi connectivity index (χ0v) is 20.0. The quantitative estimate of drug-likeness (QED) is 0.355. The normalized spacial score (nSPS) is 11.1. The maximum absolute atomic E-state index is 12.2. The zero-order valence-electron chi connectivity index (χ0n) is 20.0. The summed E-state index contributed by atoms with van der Waals surface area (Å²) in [6, 6.07) is 12.9. The van der Waals surface area contributed by atoms with E-state index in [0.717, 1.165) is 22.5 Å². The maximum Gasteiger partial charge on any atom is 0.387 e. The predicted molar refractivity (Wildman–Crippen MR) is 128 cm³/mol. The number of esters is 1. The van der Waals surface area contributed by atoms with Crippen LogP contribution >= 0.6 is 0 Å². The van der Waals surface area contributed by atoms with Gasteiger partial charge in [-0.3, -0.25) is 19.6 Å². The van der Waals surface area contributed by atoms with E-state index in [-0.39, 0.29) is 11.3 Å². The molecule has 36 heavy (non-hydrogen) atoms. The predicted octanol–water partition coefficient (Wildman–Crippen LogP) is 3.97. The summed E-state index contributed by atoms with van der Waals surface area (Å²) in [5.74, 6) is -2.51. The second kappa shape index (κ2) is 11.9. The van der Waals surface area contributed by atoms with Crippen molar-refractivity contribution in [2.24, 2.45) is 0 Å². The highest BCUT2D eigenvalue weighted by molar-refractivity contribution is 6.05. The Hall–Kier alpha value is -4.34. The van der Waals surface area contributed by atoms with Crippen LogP contribution in [0.4, 0.5) is 8.78 Å². The first kappa shape index (κ1) is 26.3. The van der Waals surface area contributed by atoms with E-state index < -0.39 is 31.0 Å². The van der Waals surface area contributed by atoms with Gasteiger partial charge in [-0.05, 0) is 56.7 Å². The van der Waals surface area contributed by atoms with E-state index in [9.17, 15) is 23.2 Å². The van der Waals surface area contributed by atoms with Crippen molar-refractivity contribution in [1.82, 2.24) is 15.1 Å². The van der Waals surface area contributed by atoms with Crippen molar-refractivity contribution in [3.05, 3.63) is 88.2 Å². The largest absolute Gasteiger partial charge is 0.452 e. The second-order valence-electron chi connectivity index (χ2n) is 7.95. The fourth-order valence-corrected chi connectivity index (χ4v) is 3.33. The average molecular weight is 497 g/mol. The molecule has 1 aromatic heterocycles. The fraction of sp³-hybridized carbons (Fsp3) is 0.231. The molecule has 2 amide bonds. The summed E-state index contributed by atoms with van der Waals surface area (Å²) in [6.07, 6.45) is 2.75. The number of benzene rings is 2.